The van der Waals surface area contributed by atoms with Crippen molar-refractivity contribution in [3.8, 4) is 11.5 Å². The van der Waals surface area contributed by atoms with E-state index < -0.39 is 0 Å². The van der Waals surface area contributed by atoms with Gasteiger partial charge in [-0.15, -0.1) is 0 Å². The Balaban J connectivity index is 3.50. The highest BCUT2D eigenvalue weighted by molar-refractivity contribution is 5.51. The Morgan fingerprint density at radius 1 is 0.941 bits per heavy atom. The lowest BCUT2D eigenvalue weighted by Crippen LogP contribution is -2.19. The molecule has 0 aliphatic carbocycles. The summed E-state index contributed by atoms with van der Waals surface area (Å²) in [6.45, 7) is 12.3. The zero-order valence-electron chi connectivity index (χ0n) is 11.8. The van der Waals surface area contributed by atoms with Crippen LogP contribution in [0.5, 0.6) is 11.5 Å². The van der Waals surface area contributed by atoms with Crippen LogP contribution in [-0.2, 0) is 10.8 Å². The quantitative estimate of drug-likeness (QED) is 0.759. The lowest BCUT2D eigenvalue weighted by molar-refractivity contribution is 0.401. The number of rotatable bonds is 2. The predicted octanol–water partition coefficient (Wildman–Crippen LogP) is 4.08. The summed E-state index contributed by atoms with van der Waals surface area (Å²) in [5.74, 6) is 0.548. The summed E-state index contributed by atoms with van der Waals surface area (Å²) in [7, 11) is 0. The molecule has 0 heterocycles. The van der Waals surface area contributed by atoms with Crippen molar-refractivity contribution in [3.63, 3.8) is 0 Å². The largest absolute Gasteiger partial charge is 0.508 e. The fraction of sp³-hybridized carbons (Fsp3) is 0.600. The lowest BCUT2D eigenvalue weighted by Gasteiger charge is -2.29. The molecule has 1 aromatic carbocycles. The fourth-order valence-corrected chi connectivity index (χ4v) is 1.90. The van der Waals surface area contributed by atoms with Gasteiger partial charge in [-0.05, 0) is 29.4 Å². The first-order valence-electron chi connectivity index (χ1n) is 6.16. The molecule has 0 aromatic heterocycles. The van der Waals surface area contributed by atoms with Crippen LogP contribution in [-0.4, -0.2) is 10.2 Å². The maximum atomic E-state index is 10.4. The molecule has 96 valence electrons. The van der Waals surface area contributed by atoms with E-state index in [4.69, 9.17) is 0 Å². The van der Waals surface area contributed by atoms with Gasteiger partial charge in [-0.25, -0.2) is 0 Å². The molecule has 1 aromatic rings. The van der Waals surface area contributed by atoms with Gasteiger partial charge in [-0.1, -0.05) is 41.5 Å². The molecule has 1 rings (SSSR count). The molecule has 2 nitrogen and oxygen atoms in total. The second-order valence-electron chi connectivity index (χ2n) is 6.38. The Kier molecular flexibility index (Phi) is 3.47. The average Bonchev–Trinajstić information content (AvgIpc) is 2.19. The highest BCUT2D eigenvalue weighted by Crippen LogP contribution is 2.42. The third-order valence-electron chi connectivity index (χ3n) is 3.52. The Morgan fingerprint density at radius 3 is 1.82 bits per heavy atom. The molecular formula is C15H24O2. The second kappa shape index (κ2) is 4.25. The molecule has 0 unspecified atom stereocenters. The van der Waals surface area contributed by atoms with E-state index in [2.05, 4.69) is 20.8 Å². The van der Waals surface area contributed by atoms with Crippen LogP contribution in [0.1, 0.15) is 59.1 Å². The third-order valence-corrected chi connectivity index (χ3v) is 3.52. The standard InChI is InChI=1S/C15H24O2/c1-7-15(5,6)12-9-10(16)8-11(13(12)17)14(2,3)4/h8-9,16-17H,7H2,1-6H3. The molecule has 0 amide bonds. The molecule has 0 fully saturated rings. The van der Waals surface area contributed by atoms with Crippen LogP contribution < -0.4 is 0 Å². The van der Waals surface area contributed by atoms with Gasteiger partial charge < -0.3 is 10.2 Å². The molecule has 0 aliphatic heterocycles. The minimum absolute atomic E-state index is 0.136. The molecular weight excluding hydrogens is 212 g/mol. The Labute approximate surface area is 104 Å². The number of aromatic hydroxyl groups is 2. The maximum Gasteiger partial charge on any atom is 0.123 e. The van der Waals surface area contributed by atoms with Crippen LogP contribution in [0.15, 0.2) is 12.1 Å². The van der Waals surface area contributed by atoms with Gasteiger partial charge >= 0.3 is 0 Å². The number of hydrogen-bond acceptors (Lipinski definition) is 2. The third kappa shape index (κ3) is 2.74. The number of phenols is 2. The lowest BCUT2D eigenvalue weighted by atomic mass is 9.77. The van der Waals surface area contributed by atoms with Crippen molar-refractivity contribution in [1.82, 2.24) is 0 Å². The van der Waals surface area contributed by atoms with Crippen LogP contribution in [0.25, 0.3) is 0 Å². The zero-order chi connectivity index (χ0) is 13.4. The van der Waals surface area contributed by atoms with E-state index in [0.29, 0.717) is 5.75 Å². The van der Waals surface area contributed by atoms with Crippen molar-refractivity contribution in [1.29, 1.82) is 0 Å². The summed E-state index contributed by atoms with van der Waals surface area (Å²) in [5.41, 5.74) is 1.31. The van der Waals surface area contributed by atoms with Gasteiger partial charge in [0.25, 0.3) is 0 Å². The van der Waals surface area contributed by atoms with E-state index in [9.17, 15) is 10.2 Å². The van der Waals surface area contributed by atoms with E-state index in [-0.39, 0.29) is 16.6 Å². The van der Waals surface area contributed by atoms with Gasteiger partial charge in [-0.3, -0.25) is 0 Å². The minimum atomic E-state index is -0.179. The van der Waals surface area contributed by atoms with Gasteiger partial charge in [0.2, 0.25) is 0 Å². The second-order valence-corrected chi connectivity index (χ2v) is 6.38. The Hall–Kier alpha value is -1.18. The van der Waals surface area contributed by atoms with Crippen LogP contribution >= 0.6 is 0 Å². The molecule has 0 atom stereocenters. The van der Waals surface area contributed by atoms with Crippen molar-refractivity contribution in [2.24, 2.45) is 0 Å². The average molecular weight is 236 g/mol. The van der Waals surface area contributed by atoms with Crippen molar-refractivity contribution >= 4 is 0 Å². The van der Waals surface area contributed by atoms with Crippen molar-refractivity contribution in [2.75, 3.05) is 0 Å². The van der Waals surface area contributed by atoms with Gasteiger partial charge in [0.05, 0.1) is 0 Å². The van der Waals surface area contributed by atoms with E-state index in [1.54, 1.807) is 12.1 Å². The van der Waals surface area contributed by atoms with E-state index in [1.165, 1.54) is 0 Å². The smallest absolute Gasteiger partial charge is 0.123 e. The topological polar surface area (TPSA) is 40.5 Å². The first kappa shape index (κ1) is 13.9. The molecule has 0 bridgehead atoms. The first-order chi connectivity index (χ1) is 7.59. The SMILES string of the molecule is CCC(C)(C)c1cc(O)cc(C(C)(C)C)c1O. The van der Waals surface area contributed by atoms with Gasteiger partial charge in [0.15, 0.2) is 0 Å². The van der Waals surface area contributed by atoms with Crippen molar-refractivity contribution in [3.05, 3.63) is 23.3 Å². The highest BCUT2D eigenvalue weighted by Gasteiger charge is 2.28. The number of benzene rings is 1. The van der Waals surface area contributed by atoms with E-state index in [1.807, 2.05) is 20.8 Å². The summed E-state index contributed by atoms with van der Waals surface area (Å²) in [6, 6.07) is 3.33. The molecule has 17 heavy (non-hydrogen) atoms. The highest BCUT2D eigenvalue weighted by atomic mass is 16.3. The van der Waals surface area contributed by atoms with Crippen molar-refractivity contribution in [2.45, 2.75) is 58.8 Å². The molecule has 0 radical (unpaired) electrons. The van der Waals surface area contributed by atoms with Crippen LogP contribution in [0.2, 0.25) is 0 Å². The molecule has 0 saturated heterocycles. The summed E-state index contributed by atoms with van der Waals surface area (Å²) in [5, 5.41) is 20.2. The van der Waals surface area contributed by atoms with Crippen molar-refractivity contribution < 1.29 is 10.2 Å². The molecule has 0 saturated carbocycles. The minimum Gasteiger partial charge on any atom is -0.508 e. The molecule has 2 heteroatoms. The first-order valence-corrected chi connectivity index (χ1v) is 6.16. The monoisotopic (exact) mass is 236 g/mol. The molecule has 0 aliphatic rings. The summed E-state index contributed by atoms with van der Waals surface area (Å²) >= 11 is 0. The fourth-order valence-electron chi connectivity index (χ4n) is 1.90. The normalized spacial score (nSPS) is 12.8. The van der Waals surface area contributed by atoms with Gasteiger partial charge in [0, 0.05) is 11.1 Å². The van der Waals surface area contributed by atoms with E-state index >= 15 is 0 Å². The maximum absolute atomic E-state index is 10.4. The van der Waals surface area contributed by atoms with Gasteiger partial charge in [0.1, 0.15) is 11.5 Å². The number of phenolic OH excluding ortho intramolecular Hbond substituents is 2. The van der Waals surface area contributed by atoms with Gasteiger partial charge in [-0.2, -0.15) is 0 Å². The van der Waals surface area contributed by atoms with E-state index in [0.717, 1.165) is 17.5 Å². The predicted molar refractivity (Wildman–Crippen MR) is 71.8 cm³/mol. The Morgan fingerprint density at radius 2 is 1.41 bits per heavy atom. The summed E-state index contributed by atoms with van der Waals surface area (Å²) in [6.07, 6.45) is 0.910. The number of hydrogen-bond donors (Lipinski definition) is 2. The molecule has 2 N–H and O–H groups in total. The van der Waals surface area contributed by atoms with Crippen LogP contribution in [0.4, 0.5) is 0 Å². The molecule has 0 spiro atoms. The summed E-state index contributed by atoms with van der Waals surface area (Å²) < 4.78 is 0. The van der Waals surface area contributed by atoms with Crippen LogP contribution in [0, 0.1) is 0 Å². The summed E-state index contributed by atoms with van der Waals surface area (Å²) in [4.78, 5) is 0. The van der Waals surface area contributed by atoms with Crippen LogP contribution in [0.3, 0.4) is 0 Å². The Bertz CT molecular complexity index is 412. The zero-order valence-corrected chi connectivity index (χ0v) is 11.8.